The van der Waals surface area contributed by atoms with Gasteiger partial charge in [-0.15, -0.1) is 0 Å². The molecular weight excluding hydrogens is 220 g/mol. The molecule has 1 rings (SSSR count). The van der Waals surface area contributed by atoms with Gasteiger partial charge < -0.3 is 4.74 Å². The summed E-state index contributed by atoms with van der Waals surface area (Å²) in [5, 5.41) is 0. The molecule has 4 heteroatoms. The van der Waals surface area contributed by atoms with Gasteiger partial charge in [0.25, 0.3) is 0 Å². The van der Waals surface area contributed by atoms with Gasteiger partial charge in [0.15, 0.2) is 5.78 Å². The van der Waals surface area contributed by atoms with Crippen LogP contribution < -0.4 is 0 Å². The predicted molar refractivity (Wildman–Crippen MR) is 62.3 cm³/mol. The van der Waals surface area contributed by atoms with Gasteiger partial charge in [-0.05, 0) is 19.3 Å². The highest BCUT2D eigenvalue weighted by molar-refractivity contribution is 6.04. The first-order chi connectivity index (χ1) is 8.01. The molecule has 17 heavy (non-hydrogen) atoms. The third-order valence-electron chi connectivity index (χ3n) is 3.38. The molecule has 0 radical (unpaired) electrons. The maximum absolute atomic E-state index is 11.9. The number of Topliss-reactive ketones (excluding diaryl/α,β-unsaturated/α-hetero) is 2. The number of ether oxygens (including phenoxy) is 1. The molecule has 0 spiro atoms. The molecule has 2 unspecified atom stereocenters. The molecule has 0 N–H and O–H groups in total. The fourth-order valence-corrected chi connectivity index (χ4v) is 1.72. The van der Waals surface area contributed by atoms with E-state index in [-0.39, 0.29) is 29.8 Å². The first-order valence-electron chi connectivity index (χ1n) is 6.15. The number of carbonyl (C=O) groups excluding carboxylic acids is 3. The van der Waals surface area contributed by atoms with Crippen LogP contribution in [0.25, 0.3) is 0 Å². The number of rotatable bonds is 7. The summed E-state index contributed by atoms with van der Waals surface area (Å²) in [5.41, 5.74) is 0. The van der Waals surface area contributed by atoms with Gasteiger partial charge in [0.05, 0.1) is 7.11 Å². The quantitative estimate of drug-likeness (QED) is 0.502. The average molecular weight is 240 g/mol. The average Bonchev–Trinajstić information content (AvgIpc) is 3.16. The lowest BCUT2D eigenvalue weighted by Crippen LogP contribution is -2.30. The van der Waals surface area contributed by atoms with Gasteiger partial charge in [-0.2, -0.15) is 0 Å². The van der Waals surface area contributed by atoms with Crippen LogP contribution >= 0.6 is 0 Å². The topological polar surface area (TPSA) is 60.4 Å². The third-order valence-corrected chi connectivity index (χ3v) is 3.38. The summed E-state index contributed by atoms with van der Waals surface area (Å²) in [6.45, 7) is 3.73. The van der Waals surface area contributed by atoms with Crippen LogP contribution in [0.3, 0.4) is 0 Å². The van der Waals surface area contributed by atoms with Gasteiger partial charge >= 0.3 is 5.97 Å². The van der Waals surface area contributed by atoms with E-state index in [9.17, 15) is 14.4 Å². The zero-order chi connectivity index (χ0) is 13.0. The van der Waals surface area contributed by atoms with Crippen LogP contribution in [0.4, 0.5) is 0 Å². The SMILES string of the molecule is CCC(C)C(=O)CC(C(=O)OC)C(=O)C1CC1. The summed E-state index contributed by atoms with van der Waals surface area (Å²) in [5.74, 6) is -1.73. The molecule has 0 aromatic rings. The van der Waals surface area contributed by atoms with Crippen LogP contribution in [0.2, 0.25) is 0 Å². The fraction of sp³-hybridized carbons (Fsp3) is 0.769. The van der Waals surface area contributed by atoms with Crippen molar-refractivity contribution in [3.05, 3.63) is 0 Å². The lowest BCUT2D eigenvalue weighted by atomic mass is 9.89. The van der Waals surface area contributed by atoms with Crippen molar-refractivity contribution in [1.82, 2.24) is 0 Å². The Hall–Kier alpha value is -1.19. The zero-order valence-electron chi connectivity index (χ0n) is 10.7. The molecule has 0 aliphatic heterocycles. The molecule has 0 amide bonds. The van der Waals surface area contributed by atoms with Crippen molar-refractivity contribution in [2.24, 2.45) is 17.8 Å². The molecule has 1 saturated carbocycles. The van der Waals surface area contributed by atoms with Crippen LogP contribution in [-0.2, 0) is 19.1 Å². The van der Waals surface area contributed by atoms with E-state index in [1.165, 1.54) is 7.11 Å². The van der Waals surface area contributed by atoms with Crippen molar-refractivity contribution >= 4 is 17.5 Å². The summed E-state index contributed by atoms with van der Waals surface area (Å²) < 4.78 is 4.61. The van der Waals surface area contributed by atoms with Crippen LogP contribution in [0.15, 0.2) is 0 Å². The molecule has 4 nitrogen and oxygen atoms in total. The number of carbonyl (C=O) groups is 3. The Bertz CT molecular complexity index is 317. The van der Waals surface area contributed by atoms with Crippen LogP contribution in [0, 0.1) is 17.8 Å². The largest absolute Gasteiger partial charge is 0.468 e. The molecule has 0 aromatic heterocycles. The Labute approximate surface area is 102 Å². The van der Waals surface area contributed by atoms with E-state index in [1.54, 1.807) is 0 Å². The monoisotopic (exact) mass is 240 g/mol. The summed E-state index contributed by atoms with van der Waals surface area (Å²) >= 11 is 0. The van der Waals surface area contributed by atoms with E-state index in [0.29, 0.717) is 0 Å². The maximum Gasteiger partial charge on any atom is 0.316 e. The third kappa shape index (κ3) is 3.65. The minimum Gasteiger partial charge on any atom is -0.468 e. The van der Waals surface area contributed by atoms with Gasteiger partial charge in [-0.25, -0.2) is 0 Å². The van der Waals surface area contributed by atoms with Crippen molar-refractivity contribution in [2.45, 2.75) is 39.5 Å². The maximum atomic E-state index is 11.9. The van der Waals surface area contributed by atoms with E-state index in [1.807, 2.05) is 13.8 Å². The zero-order valence-corrected chi connectivity index (χ0v) is 10.7. The van der Waals surface area contributed by atoms with Gasteiger partial charge in [-0.1, -0.05) is 13.8 Å². The number of ketones is 2. The second-order valence-electron chi connectivity index (χ2n) is 4.73. The molecule has 1 aliphatic rings. The highest BCUT2D eigenvalue weighted by Gasteiger charge is 2.40. The highest BCUT2D eigenvalue weighted by Crippen LogP contribution is 2.34. The molecule has 96 valence electrons. The van der Waals surface area contributed by atoms with Gasteiger partial charge in [0, 0.05) is 18.3 Å². The molecule has 0 aromatic carbocycles. The van der Waals surface area contributed by atoms with Gasteiger partial charge in [0.2, 0.25) is 0 Å². The minimum atomic E-state index is -0.881. The first kappa shape index (κ1) is 13.9. The van der Waals surface area contributed by atoms with E-state index in [2.05, 4.69) is 4.74 Å². The molecule has 0 heterocycles. The van der Waals surface area contributed by atoms with E-state index < -0.39 is 11.9 Å². The van der Waals surface area contributed by atoms with E-state index in [0.717, 1.165) is 19.3 Å². The Morgan fingerprint density at radius 3 is 2.29 bits per heavy atom. The molecule has 1 aliphatic carbocycles. The molecule has 0 saturated heterocycles. The number of hydrogen-bond acceptors (Lipinski definition) is 4. The van der Waals surface area contributed by atoms with Crippen LogP contribution in [0.1, 0.15) is 39.5 Å². The van der Waals surface area contributed by atoms with Crippen molar-refractivity contribution in [3.63, 3.8) is 0 Å². The van der Waals surface area contributed by atoms with Gasteiger partial charge in [0.1, 0.15) is 11.7 Å². The highest BCUT2D eigenvalue weighted by atomic mass is 16.5. The van der Waals surface area contributed by atoms with Crippen molar-refractivity contribution < 1.29 is 19.1 Å². The van der Waals surface area contributed by atoms with Crippen molar-refractivity contribution in [1.29, 1.82) is 0 Å². The van der Waals surface area contributed by atoms with E-state index in [4.69, 9.17) is 0 Å². The summed E-state index contributed by atoms with van der Waals surface area (Å²) in [4.78, 5) is 35.2. The molecule has 0 bridgehead atoms. The normalized spacial score (nSPS) is 18.3. The standard InChI is InChI=1S/C13H20O4/c1-4-8(2)11(14)7-10(13(16)17-3)12(15)9-5-6-9/h8-10H,4-7H2,1-3H3. The second-order valence-corrected chi connectivity index (χ2v) is 4.73. The van der Waals surface area contributed by atoms with Gasteiger partial charge in [-0.3, -0.25) is 14.4 Å². The van der Waals surface area contributed by atoms with Crippen LogP contribution in [-0.4, -0.2) is 24.6 Å². The lowest BCUT2D eigenvalue weighted by Gasteiger charge is -2.14. The lowest BCUT2D eigenvalue weighted by molar-refractivity contribution is -0.152. The fourth-order valence-electron chi connectivity index (χ4n) is 1.72. The second kappa shape index (κ2) is 5.94. The molecule has 2 atom stereocenters. The van der Waals surface area contributed by atoms with E-state index >= 15 is 0 Å². The summed E-state index contributed by atoms with van der Waals surface area (Å²) in [7, 11) is 1.25. The van der Waals surface area contributed by atoms with Crippen LogP contribution in [0.5, 0.6) is 0 Å². The summed E-state index contributed by atoms with van der Waals surface area (Å²) in [6, 6.07) is 0. The molecular formula is C13H20O4. The Morgan fingerprint density at radius 1 is 1.29 bits per heavy atom. The smallest absolute Gasteiger partial charge is 0.316 e. The minimum absolute atomic E-state index is 0.00296. The number of methoxy groups -OCH3 is 1. The number of hydrogen-bond donors (Lipinski definition) is 0. The molecule has 1 fully saturated rings. The predicted octanol–water partition coefficient (Wildman–Crippen LogP) is 1.76. The number of esters is 1. The van der Waals surface area contributed by atoms with Crippen molar-refractivity contribution in [2.75, 3.05) is 7.11 Å². The Kier molecular flexibility index (Phi) is 4.85. The van der Waals surface area contributed by atoms with Crippen molar-refractivity contribution in [3.8, 4) is 0 Å². The first-order valence-corrected chi connectivity index (χ1v) is 6.15. The Balaban J connectivity index is 2.66. The summed E-state index contributed by atoms with van der Waals surface area (Å²) in [6.07, 6.45) is 2.40. The Morgan fingerprint density at radius 2 is 1.88 bits per heavy atom.